The normalized spacial score (nSPS) is 11.4. The number of halogens is 3. The van der Waals surface area contributed by atoms with Crippen molar-refractivity contribution >= 4 is 50.9 Å². The third-order valence-corrected chi connectivity index (χ3v) is 4.25. The molecule has 138 valence electrons. The molecule has 2 aromatic carbocycles. The van der Waals surface area contributed by atoms with Crippen LogP contribution in [0, 0.1) is 0 Å². The van der Waals surface area contributed by atoms with Crippen molar-refractivity contribution in [3.63, 3.8) is 0 Å². The average molecular weight is 462 g/mol. The van der Waals surface area contributed by atoms with Gasteiger partial charge in [0.1, 0.15) is 11.5 Å². The van der Waals surface area contributed by atoms with Crippen LogP contribution in [-0.4, -0.2) is 24.5 Å². The summed E-state index contributed by atoms with van der Waals surface area (Å²) in [6.45, 7) is 1.24. The van der Waals surface area contributed by atoms with Crippen LogP contribution in [0.1, 0.15) is 6.92 Å². The molecule has 2 N–H and O–H groups in total. The molecule has 0 radical (unpaired) electrons. The SMILES string of the molecule is CC(Oc1ccccc1Cl)C(=O)NNC(=O)COc1ccc(Cl)cc1Br. The van der Waals surface area contributed by atoms with E-state index in [1.54, 1.807) is 42.5 Å². The predicted octanol–water partition coefficient (Wildman–Crippen LogP) is 3.75. The molecule has 0 saturated carbocycles. The summed E-state index contributed by atoms with van der Waals surface area (Å²) in [6, 6.07) is 11.7. The number of hydrogen-bond donors (Lipinski definition) is 2. The monoisotopic (exact) mass is 460 g/mol. The fourth-order valence-electron chi connectivity index (χ4n) is 1.79. The van der Waals surface area contributed by atoms with Crippen molar-refractivity contribution in [2.45, 2.75) is 13.0 Å². The molecule has 0 aliphatic heterocycles. The van der Waals surface area contributed by atoms with Crippen molar-refractivity contribution < 1.29 is 19.1 Å². The molecule has 26 heavy (non-hydrogen) atoms. The lowest BCUT2D eigenvalue weighted by atomic mass is 10.3. The first kappa shape index (κ1) is 20.4. The van der Waals surface area contributed by atoms with Gasteiger partial charge in [0.25, 0.3) is 11.8 Å². The highest BCUT2D eigenvalue weighted by atomic mass is 79.9. The molecule has 2 aromatic rings. The van der Waals surface area contributed by atoms with Crippen molar-refractivity contribution in [1.29, 1.82) is 0 Å². The van der Waals surface area contributed by atoms with E-state index in [4.69, 9.17) is 32.7 Å². The first-order valence-corrected chi connectivity index (χ1v) is 8.99. The van der Waals surface area contributed by atoms with E-state index in [1.807, 2.05) is 0 Å². The highest BCUT2D eigenvalue weighted by Crippen LogP contribution is 2.27. The lowest BCUT2D eigenvalue weighted by Gasteiger charge is -2.16. The van der Waals surface area contributed by atoms with Crippen molar-refractivity contribution in [2.24, 2.45) is 0 Å². The molecular formula is C17H15BrCl2N2O4. The van der Waals surface area contributed by atoms with Gasteiger partial charge in [-0.15, -0.1) is 0 Å². The molecule has 9 heteroatoms. The van der Waals surface area contributed by atoms with Crippen LogP contribution >= 0.6 is 39.1 Å². The van der Waals surface area contributed by atoms with Crippen LogP contribution in [0.2, 0.25) is 10.0 Å². The second kappa shape index (κ2) is 9.66. The molecule has 1 unspecified atom stereocenters. The van der Waals surface area contributed by atoms with Gasteiger partial charge < -0.3 is 9.47 Å². The lowest BCUT2D eigenvalue weighted by Crippen LogP contribution is -2.48. The minimum atomic E-state index is -0.860. The maximum Gasteiger partial charge on any atom is 0.279 e. The molecule has 0 spiro atoms. The van der Waals surface area contributed by atoms with Crippen molar-refractivity contribution in [2.75, 3.05) is 6.61 Å². The van der Waals surface area contributed by atoms with Crippen LogP contribution in [0.4, 0.5) is 0 Å². The van der Waals surface area contributed by atoms with Crippen LogP contribution in [0.3, 0.4) is 0 Å². The van der Waals surface area contributed by atoms with E-state index in [0.29, 0.717) is 26.0 Å². The largest absolute Gasteiger partial charge is 0.483 e. The van der Waals surface area contributed by atoms with Crippen LogP contribution in [0.25, 0.3) is 0 Å². The maximum absolute atomic E-state index is 12.0. The Morgan fingerprint density at radius 3 is 2.54 bits per heavy atom. The molecule has 0 aliphatic carbocycles. The van der Waals surface area contributed by atoms with Crippen LogP contribution in [0.15, 0.2) is 46.9 Å². The topological polar surface area (TPSA) is 76.7 Å². The average Bonchev–Trinajstić information content (AvgIpc) is 2.60. The van der Waals surface area contributed by atoms with Gasteiger partial charge in [-0.2, -0.15) is 0 Å². The Morgan fingerprint density at radius 2 is 1.85 bits per heavy atom. The van der Waals surface area contributed by atoms with Crippen LogP contribution < -0.4 is 20.3 Å². The number of hydrogen-bond acceptors (Lipinski definition) is 4. The van der Waals surface area contributed by atoms with Gasteiger partial charge >= 0.3 is 0 Å². The van der Waals surface area contributed by atoms with E-state index in [2.05, 4.69) is 26.8 Å². The Hall–Kier alpha value is -1.96. The third kappa shape index (κ3) is 6.09. The number of hydrazine groups is 1. The maximum atomic E-state index is 12.0. The number of benzene rings is 2. The highest BCUT2D eigenvalue weighted by molar-refractivity contribution is 9.10. The summed E-state index contributed by atoms with van der Waals surface area (Å²) in [5, 5.41) is 0.923. The molecule has 0 bridgehead atoms. The Labute approximate surface area is 168 Å². The summed E-state index contributed by atoms with van der Waals surface area (Å²) in [6.07, 6.45) is -0.860. The predicted molar refractivity (Wildman–Crippen MR) is 102 cm³/mol. The standard InChI is InChI=1S/C17H15BrCl2N2O4/c1-10(26-15-5-3-2-4-13(15)20)17(24)22-21-16(23)9-25-14-7-6-11(19)8-12(14)18/h2-8,10H,9H2,1H3,(H,21,23)(H,22,24). The fourth-order valence-corrected chi connectivity index (χ4v) is 2.77. The Bertz CT molecular complexity index is 804. The Kier molecular flexibility index (Phi) is 7.56. The summed E-state index contributed by atoms with van der Waals surface area (Å²) in [4.78, 5) is 23.8. The summed E-state index contributed by atoms with van der Waals surface area (Å²) in [7, 11) is 0. The van der Waals surface area contributed by atoms with Gasteiger partial charge in [-0.25, -0.2) is 0 Å². The fraction of sp³-hybridized carbons (Fsp3) is 0.176. The second-order valence-electron chi connectivity index (χ2n) is 5.09. The number of carbonyl (C=O) groups excluding carboxylic acids is 2. The van der Waals surface area contributed by atoms with Crippen LogP contribution in [-0.2, 0) is 9.59 Å². The summed E-state index contributed by atoms with van der Waals surface area (Å²) < 4.78 is 11.4. The van der Waals surface area contributed by atoms with E-state index >= 15 is 0 Å². The van der Waals surface area contributed by atoms with E-state index in [-0.39, 0.29) is 6.61 Å². The van der Waals surface area contributed by atoms with E-state index < -0.39 is 17.9 Å². The molecule has 6 nitrogen and oxygen atoms in total. The molecule has 2 amide bonds. The molecule has 0 saturated heterocycles. The van der Waals surface area contributed by atoms with Gasteiger partial charge in [-0.05, 0) is 53.2 Å². The first-order valence-electron chi connectivity index (χ1n) is 7.44. The van der Waals surface area contributed by atoms with Crippen LogP contribution in [0.5, 0.6) is 11.5 Å². The number of carbonyl (C=O) groups is 2. The van der Waals surface area contributed by atoms with Gasteiger partial charge in [-0.3, -0.25) is 20.4 Å². The lowest BCUT2D eigenvalue weighted by molar-refractivity contribution is -0.133. The molecule has 0 heterocycles. The van der Waals surface area contributed by atoms with Crippen molar-refractivity contribution in [3.8, 4) is 11.5 Å². The van der Waals surface area contributed by atoms with E-state index in [0.717, 1.165) is 0 Å². The summed E-state index contributed by atoms with van der Waals surface area (Å²) in [5.41, 5.74) is 4.51. The van der Waals surface area contributed by atoms with E-state index in [9.17, 15) is 9.59 Å². The number of rotatable bonds is 6. The number of ether oxygens (including phenoxy) is 2. The minimum absolute atomic E-state index is 0.291. The van der Waals surface area contributed by atoms with E-state index in [1.165, 1.54) is 6.92 Å². The molecular weight excluding hydrogens is 447 g/mol. The van der Waals surface area contributed by atoms with Crippen molar-refractivity contribution in [3.05, 3.63) is 57.0 Å². The zero-order chi connectivity index (χ0) is 19.1. The summed E-state index contributed by atoms with van der Waals surface area (Å²) >= 11 is 15.1. The van der Waals surface area contributed by atoms with Gasteiger partial charge in [0.2, 0.25) is 0 Å². The smallest absolute Gasteiger partial charge is 0.279 e. The quantitative estimate of drug-likeness (QED) is 0.642. The minimum Gasteiger partial charge on any atom is -0.483 e. The Morgan fingerprint density at radius 1 is 1.12 bits per heavy atom. The first-order chi connectivity index (χ1) is 12.4. The number of nitrogens with one attached hydrogen (secondary N) is 2. The van der Waals surface area contributed by atoms with Gasteiger partial charge in [0, 0.05) is 5.02 Å². The third-order valence-electron chi connectivity index (χ3n) is 3.09. The number of para-hydroxylation sites is 1. The molecule has 0 fully saturated rings. The zero-order valence-electron chi connectivity index (χ0n) is 13.6. The molecule has 0 aliphatic rings. The van der Waals surface area contributed by atoms with Crippen molar-refractivity contribution in [1.82, 2.24) is 10.9 Å². The van der Waals surface area contributed by atoms with Gasteiger partial charge in [0.15, 0.2) is 12.7 Å². The zero-order valence-corrected chi connectivity index (χ0v) is 16.7. The molecule has 0 aromatic heterocycles. The van der Waals surface area contributed by atoms with Gasteiger partial charge in [-0.1, -0.05) is 35.3 Å². The van der Waals surface area contributed by atoms with Gasteiger partial charge in [0.05, 0.1) is 9.50 Å². The second-order valence-corrected chi connectivity index (χ2v) is 6.79. The highest BCUT2D eigenvalue weighted by Gasteiger charge is 2.16. The molecule has 1 atom stereocenters. The summed E-state index contributed by atoms with van der Waals surface area (Å²) in [5.74, 6) is -0.249. The number of amides is 2. The molecule has 2 rings (SSSR count). The Balaban J connectivity index is 1.77.